The normalized spacial score (nSPS) is 14.8. The van der Waals surface area contributed by atoms with Gasteiger partial charge in [0, 0.05) is 31.7 Å². The largest absolute Gasteiger partial charge is 0.370 e. The van der Waals surface area contributed by atoms with Crippen molar-refractivity contribution in [2.75, 3.05) is 36.4 Å². The average molecular weight is 416 g/mol. The molecule has 1 aliphatic heterocycles. The number of rotatable bonds is 7. The molecule has 1 saturated heterocycles. The maximum absolute atomic E-state index is 12.9. The second-order valence-corrected chi connectivity index (χ2v) is 9.07. The Balaban J connectivity index is 1.84. The lowest BCUT2D eigenvalue weighted by Gasteiger charge is -2.30. The predicted molar refractivity (Wildman–Crippen MR) is 117 cm³/mol. The highest BCUT2D eigenvalue weighted by atomic mass is 32.2. The average Bonchev–Trinajstić information content (AvgIpc) is 2.75. The molecule has 1 aliphatic rings. The lowest BCUT2D eigenvalue weighted by atomic mass is 10.1. The van der Waals surface area contributed by atoms with Crippen LogP contribution in [0.15, 0.2) is 53.4 Å². The van der Waals surface area contributed by atoms with E-state index in [9.17, 15) is 13.2 Å². The number of anilines is 2. The highest BCUT2D eigenvalue weighted by molar-refractivity contribution is 7.89. The molecule has 1 heterocycles. The number of benzene rings is 2. The molecule has 0 saturated carbocycles. The number of carbonyl (C=O) groups is 1. The van der Waals surface area contributed by atoms with E-state index in [2.05, 4.69) is 10.2 Å². The van der Waals surface area contributed by atoms with Gasteiger partial charge in [-0.3, -0.25) is 4.79 Å². The fourth-order valence-electron chi connectivity index (χ4n) is 3.69. The molecular formula is C22H29N3O3S. The standard InChI is InChI=1S/C22H29N3O3S/c1-3-25(4-2)29(27,28)19-12-10-11-18(17-19)22(26)23-20-13-6-7-14-21(20)24-15-8-5-9-16-24/h6-7,10-14,17H,3-5,8-9,15-16H2,1-2H3,(H,23,26). The van der Waals surface area contributed by atoms with Crippen LogP contribution in [0.25, 0.3) is 0 Å². The monoisotopic (exact) mass is 415 g/mol. The molecule has 6 nitrogen and oxygen atoms in total. The molecule has 0 spiro atoms. The van der Waals surface area contributed by atoms with E-state index in [0.29, 0.717) is 18.7 Å². The predicted octanol–water partition coefficient (Wildman–Crippen LogP) is 3.96. The first-order chi connectivity index (χ1) is 14.0. The Morgan fingerprint density at radius 3 is 2.38 bits per heavy atom. The van der Waals surface area contributed by atoms with Crippen LogP contribution in [0.5, 0.6) is 0 Å². The van der Waals surface area contributed by atoms with Gasteiger partial charge in [0.05, 0.1) is 16.3 Å². The number of nitrogens with zero attached hydrogens (tertiary/aromatic N) is 2. The second-order valence-electron chi connectivity index (χ2n) is 7.14. The minimum atomic E-state index is -3.61. The Morgan fingerprint density at radius 1 is 1.00 bits per heavy atom. The van der Waals surface area contributed by atoms with Crippen molar-refractivity contribution in [3.63, 3.8) is 0 Å². The minimum absolute atomic E-state index is 0.137. The molecule has 1 N–H and O–H groups in total. The van der Waals surface area contributed by atoms with E-state index in [4.69, 9.17) is 0 Å². The summed E-state index contributed by atoms with van der Waals surface area (Å²) in [5, 5.41) is 2.97. The number of hydrogen-bond donors (Lipinski definition) is 1. The van der Waals surface area contributed by atoms with Gasteiger partial charge in [0.25, 0.3) is 5.91 Å². The number of carbonyl (C=O) groups excluding carboxylic acids is 1. The number of hydrogen-bond acceptors (Lipinski definition) is 4. The first-order valence-corrected chi connectivity index (χ1v) is 11.7. The molecule has 0 bridgehead atoms. The van der Waals surface area contributed by atoms with Gasteiger partial charge in [-0.15, -0.1) is 0 Å². The molecule has 0 radical (unpaired) electrons. The van der Waals surface area contributed by atoms with Crippen LogP contribution in [-0.2, 0) is 10.0 Å². The lowest BCUT2D eigenvalue weighted by Crippen LogP contribution is -2.31. The third-order valence-electron chi connectivity index (χ3n) is 5.29. The van der Waals surface area contributed by atoms with Crippen LogP contribution in [0.3, 0.4) is 0 Å². The maximum Gasteiger partial charge on any atom is 0.255 e. The van der Waals surface area contributed by atoms with Crippen molar-refractivity contribution in [3.05, 3.63) is 54.1 Å². The summed E-state index contributed by atoms with van der Waals surface area (Å²) in [5.74, 6) is -0.314. The fraction of sp³-hybridized carbons (Fsp3) is 0.409. The summed E-state index contributed by atoms with van der Waals surface area (Å²) in [6.07, 6.45) is 3.53. The van der Waals surface area contributed by atoms with Gasteiger partial charge < -0.3 is 10.2 Å². The zero-order valence-corrected chi connectivity index (χ0v) is 17.9. The quantitative estimate of drug-likeness (QED) is 0.743. The summed E-state index contributed by atoms with van der Waals surface area (Å²) in [7, 11) is -3.61. The van der Waals surface area contributed by atoms with Crippen molar-refractivity contribution >= 4 is 27.3 Å². The van der Waals surface area contributed by atoms with Crippen molar-refractivity contribution in [1.82, 2.24) is 4.31 Å². The van der Waals surface area contributed by atoms with Crippen molar-refractivity contribution < 1.29 is 13.2 Å². The second kappa shape index (κ2) is 9.41. The lowest BCUT2D eigenvalue weighted by molar-refractivity contribution is 0.102. The Kier molecular flexibility index (Phi) is 6.92. The highest BCUT2D eigenvalue weighted by Gasteiger charge is 2.23. The van der Waals surface area contributed by atoms with Crippen LogP contribution in [0, 0.1) is 0 Å². The van der Waals surface area contributed by atoms with Gasteiger partial charge in [0.2, 0.25) is 10.0 Å². The summed E-state index contributed by atoms with van der Waals surface area (Å²) in [6, 6.07) is 14.0. The zero-order chi connectivity index (χ0) is 20.9. The molecule has 0 atom stereocenters. The van der Waals surface area contributed by atoms with E-state index < -0.39 is 10.0 Å². The van der Waals surface area contributed by atoms with Crippen molar-refractivity contribution in [1.29, 1.82) is 0 Å². The summed E-state index contributed by atoms with van der Waals surface area (Å²) in [6.45, 7) is 6.33. The van der Waals surface area contributed by atoms with E-state index in [0.717, 1.165) is 37.3 Å². The zero-order valence-electron chi connectivity index (χ0n) is 17.1. The molecule has 2 aromatic rings. The van der Waals surface area contributed by atoms with Crippen molar-refractivity contribution in [2.24, 2.45) is 0 Å². The van der Waals surface area contributed by atoms with Crippen LogP contribution >= 0.6 is 0 Å². The molecule has 2 aromatic carbocycles. The summed E-state index contributed by atoms with van der Waals surface area (Å²) in [4.78, 5) is 15.3. The summed E-state index contributed by atoms with van der Waals surface area (Å²) in [5.41, 5.74) is 2.08. The Hall–Kier alpha value is -2.38. The third kappa shape index (κ3) is 4.79. The van der Waals surface area contributed by atoms with Crippen molar-refractivity contribution in [2.45, 2.75) is 38.0 Å². The van der Waals surface area contributed by atoms with E-state index >= 15 is 0 Å². The first-order valence-electron chi connectivity index (χ1n) is 10.2. The van der Waals surface area contributed by atoms with Gasteiger partial charge in [-0.05, 0) is 49.6 Å². The van der Waals surface area contributed by atoms with Crippen LogP contribution < -0.4 is 10.2 Å². The van der Waals surface area contributed by atoms with Crippen LogP contribution in [-0.4, -0.2) is 44.8 Å². The summed E-state index contributed by atoms with van der Waals surface area (Å²) < 4.78 is 26.9. The molecule has 0 unspecified atom stereocenters. The first kappa shape index (κ1) is 21.3. The number of amides is 1. The smallest absolute Gasteiger partial charge is 0.255 e. The molecule has 0 aromatic heterocycles. The third-order valence-corrected chi connectivity index (χ3v) is 7.33. The van der Waals surface area contributed by atoms with E-state index in [1.54, 1.807) is 26.0 Å². The SMILES string of the molecule is CCN(CC)S(=O)(=O)c1cccc(C(=O)Nc2ccccc2N2CCCCC2)c1. The van der Waals surface area contributed by atoms with Crippen molar-refractivity contribution in [3.8, 4) is 0 Å². The highest BCUT2D eigenvalue weighted by Crippen LogP contribution is 2.29. The molecule has 156 valence electrons. The van der Waals surface area contributed by atoms with Gasteiger partial charge in [0.1, 0.15) is 0 Å². The minimum Gasteiger partial charge on any atom is -0.370 e. The molecule has 7 heteroatoms. The maximum atomic E-state index is 12.9. The molecule has 1 fully saturated rings. The fourth-order valence-corrected chi connectivity index (χ4v) is 5.20. The van der Waals surface area contributed by atoms with E-state index in [1.165, 1.54) is 22.9 Å². The molecule has 0 aliphatic carbocycles. The Morgan fingerprint density at radius 2 is 1.69 bits per heavy atom. The topological polar surface area (TPSA) is 69.7 Å². The van der Waals surface area contributed by atoms with Crippen LogP contribution in [0.2, 0.25) is 0 Å². The summed E-state index contributed by atoms with van der Waals surface area (Å²) >= 11 is 0. The Bertz CT molecular complexity index is 949. The number of para-hydroxylation sites is 2. The van der Waals surface area contributed by atoms with E-state index in [-0.39, 0.29) is 10.8 Å². The van der Waals surface area contributed by atoms with Gasteiger partial charge in [-0.25, -0.2) is 8.42 Å². The molecule has 3 rings (SSSR count). The van der Waals surface area contributed by atoms with Gasteiger partial charge >= 0.3 is 0 Å². The molecule has 1 amide bonds. The van der Waals surface area contributed by atoms with Gasteiger partial charge in [0.15, 0.2) is 0 Å². The van der Waals surface area contributed by atoms with Crippen LogP contribution in [0.1, 0.15) is 43.5 Å². The number of nitrogens with one attached hydrogen (secondary N) is 1. The van der Waals surface area contributed by atoms with E-state index in [1.807, 2.05) is 24.3 Å². The van der Waals surface area contributed by atoms with Crippen LogP contribution in [0.4, 0.5) is 11.4 Å². The molecule has 29 heavy (non-hydrogen) atoms. The van der Waals surface area contributed by atoms with Gasteiger partial charge in [-0.2, -0.15) is 4.31 Å². The number of sulfonamides is 1. The Labute approximate surface area is 173 Å². The number of piperidine rings is 1. The molecular weight excluding hydrogens is 386 g/mol. The van der Waals surface area contributed by atoms with Gasteiger partial charge in [-0.1, -0.05) is 32.0 Å².